The van der Waals surface area contributed by atoms with Crippen LogP contribution >= 0.6 is 11.6 Å². The maximum atomic E-state index is 11.5. The van der Waals surface area contributed by atoms with Crippen molar-refractivity contribution in [3.63, 3.8) is 0 Å². The topological polar surface area (TPSA) is 68.0 Å². The highest BCUT2D eigenvalue weighted by Crippen LogP contribution is 2.08. The van der Waals surface area contributed by atoms with Gasteiger partial charge in [0.2, 0.25) is 5.95 Å². The number of carbonyl (C=O) groups excluding carboxylic acids is 1. The Hall–Kier alpha value is -1.88. The van der Waals surface area contributed by atoms with E-state index < -0.39 is 0 Å². The third-order valence-corrected chi connectivity index (χ3v) is 1.84. The summed E-state index contributed by atoms with van der Waals surface area (Å²) in [6.07, 6.45) is 4.20. The zero-order valence-corrected chi connectivity index (χ0v) is 8.23. The molecule has 2 rings (SSSR count). The molecular weight excluding hydrogens is 218 g/mol. The van der Waals surface area contributed by atoms with E-state index in [2.05, 4.69) is 15.3 Å². The number of nitrogens with zero attached hydrogens (tertiary/aromatic N) is 2. The molecule has 0 unspecified atom stereocenters. The van der Waals surface area contributed by atoms with E-state index in [1.165, 1.54) is 24.8 Å². The first kappa shape index (κ1) is 9.67. The predicted octanol–water partition coefficient (Wildman–Crippen LogP) is 1.98. The standard InChI is InChI=1S/C9H6ClN3O2/c10-7-1-3-11-9(12-7)13-8(14)6-2-4-15-5-6/h1-5H,(H,11,12,13,14). The maximum Gasteiger partial charge on any atom is 0.261 e. The van der Waals surface area contributed by atoms with Gasteiger partial charge in [0.1, 0.15) is 11.4 Å². The number of amides is 1. The molecule has 2 aromatic heterocycles. The van der Waals surface area contributed by atoms with Gasteiger partial charge in [-0.05, 0) is 12.1 Å². The molecule has 15 heavy (non-hydrogen) atoms. The van der Waals surface area contributed by atoms with Crippen molar-refractivity contribution in [2.45, 2.75) is 0 Å². The highest BCUT2D eigenvalue weighted by atomic mass is 35.5. The summed E-state index contributed by atoms with van der Waals surface area (Å²) in [4.78, 5) is 19.1. The van der Waals surface area contributed by atoms with Gasteiger partial charge < -0.3 is 4.42 Å². The Morgan fingerprint density at radius 3 is 3.00 bits per heavy atom. The molecule has 0 saturated carbocycles. The second kappa shape index (κ2) is 4.10. The molecule has 0 radical (unpaired) electrons. The minimum Gasteiger partial charge on any atom is -0.472 e. The number of nitrogens with one attached hydrogen (secondary N) is 1. The van der Waals surface area contributed by atoms with Crippen LogP contribution in [0, 0.1) is 0 Å². The summed E-state index contributed by atoms with van der Waals surface area (Å²) in [7, 11) is 0. The van der Waals surface area contributed by atoms with E-state index in [0.717, 1.165) is 0 Å². The largest absolute Gasteiger partial charge is 0.472 e. The van der Waals surface area contributed by atoms with Crippen LogP contribution in [0.3, 0.4) is 0 Å². The number of hydrogen-bond donors (Lipinski definition) is 1. The molecule has 0 aromatic carbocycles. The van der Waals surface area contributed by atoms with Gasteiger partial charge in [0, 0.05) is 6.20 Å². The zero-order chi connectivity index (χ0) is 10.7. The third kappa shape index (κ3) is 2.32. The number of anilines is 1. The van der Waals surface area contributed by atoms with Crippen LogP contribution in [0.4, 0.5) is 5.95 Å². The highest BCUT2D eigenvalue weighted by molar-refractivity contribution is 6.29. The first-order chi connectivity index (χ1) is 7.25. The Morgan fingerprint density at radius 1 is 1.47 bits per heavy atom. The molecule has 0 fully saturated rings. The van der Waals surface area contributed by atoms with Crippen LogP contribution in [0.2, 0.25) is 5.15 Å². The normalized spacial score (nSPS) is 9.93. The number of hydrogen-bond acceptors (Lipinski definition) is 4. The van der Waals surface area contributed by atoms with E-state index >= 15 is 0 Å². The van der Waals surface area contributed by atoms with Crippen LogP contribution < -0.4 is 5.32 Å². The molecule has 76 valence electrons. The molecule has 6 heteroatoms. The summed E-state index contributed by atoms with van der Waals surface area (Å²) in [6.45, 7) is 0. The van der Waals surface area contributed by atoms with Gasteiger partial charge in [0.05, 0.1) is 11.8 Å². The van der Waals surface area contributed by atoms with Gasteiger partial charge in [-0.15, -0.1) is 0 Å². The summed E-state index contributed by atoms with van der Waals surface area (Å²) in [5.41, 5.74) is 0.401. The van der Waals surface area contributed by atoms with Crippen molar-refractivity contribution in [1.82, 2.24) is 9.97 Å². The van der Waals surface area contributed by atoms with E-state index in [1.807, 2.05) is 0 Å². The average Bonchev–Trinajstić information content (AvgIpc) is 2.70. The first-order valence-electron chi connectivity index (χ1n) is 4.08. The summed E-state index contributed by atoms with van der Waals surface area (Å²) in [5.74, 6) is -0.181. The van der Waals surface area contributed by atoms with Gasteiger partial charge in [0.25, 0.3) is 5.91 Å². The van der Waals surface area contributed by atoms with Gasteiger partial charge >= 0.3 is 0 Å². The lowest BCUT2D eigenvalue weighted by molar-refractivity contribution is 0.102. The van der Waals surface area contributed by atoms with Crippen LogP contribution in [0.5, 0.6) is 0 Å². The Morgan fingerprint density at radius 2 is 2.33 bits per heavy atom. The molecule has 0 aliphatic heterocycles. The number of carbonyl (C=O) groups is 1. The smallest absolute Gasteiger partial charge is 0.261 e. The number of furan rings is 1. The molecule has 5 nitrogen and oxygen atoms in total. The molecule has 1 N–H and O–H groups in total. The summed E-state index contributed by atoms with van der Waals surface area (Å²) in [5, 5.41) is 2.75. The van der Waals surface area contributed by atoms with Crippen LogP contribution in [0.25, 0.3) is 0 Å². The lowest BCUT2D eigenvalue weighted by Crippen LogP contribution is -2.13. The quantitative estimate of drug-likeness (QED) is 0.791. The third-order valence-electron chi connectivity index (χ3n) is 1.63. The molecule has 0 aliphatic carbocycles. The van der Waals surface area contributed by atoms with Crippen LogP contribution in [-0.4, -0.2) is 15.9 Å². The van der Waals surface area contributed by atoms with Gasteiger partial charge in [-0.1, -0.05) is 11.6 Å². The van der Waals surface area contributed by atoms with Crippen LogP contribution in [0.15, 0.2) is 35.3 Å². The van der Waals surface area contributed by atoms with E-state index in [-0.39, 0.29) is 17.0 Å². The number of rotatable bonds is 2. The van der Waals surface area contributed by atoms with Crippen molar-refractivity contribution in [3.8, 4) is 0 Å². The van der Waals surface area contributed by atoms with E-state index in [1.54, 1.807) is 6.07 Å². The van der Waals surface area contributed by atoms with Crippen molar-refractivity contribution in [2.24, 2.45) is 0 Å². The van der Waals surface area contributed by atoms with Gasteiger partial charge in [0.15, 0.2) is 0 Å². The van der Waals surface area contributed by atoms with E-state index in [0.29, 0.717) is 5.56 Å². The van der Waals surface area contributed by atoms with Gasteiger partial charge in [-0.2, -0.15) is 0 Å². The Balaban J connectivity index is 2.13. The average molecular weight is 224 g/mol. The fourth-order valence-electron chi connectivity index (χ4n) is 0.964. The molecule has 2 aromatic rings. The lowest BCUT2D eigenvalue weighted by atomic mass is 10.3. The van der Waals surface area contributed by atoms with Crippen molar-refractivity contribution in [3.05, 3.63) is 41.6 Å². The molecule has 0 atom stereocenters. The van der Waals surface area contributed by atoms with Crippen LogP contribution in [0.1, 0.15) is 10.4 Å². The van der Waals surface area contributed by atoms with E-state index in [4.69, 9.17) is 16.0 Å². The minimum atomic E-state index is -0.342. The molecular formula is C9H6ClN3O2. The van der Waals surface area contributed by atoms with E-state index in [9.17, 15) is 4.79 Å². The molecule has 2 heterocycles. The molecule has 1 amide bonds. The summed E-state index contributed by atoms with van der Waals surface area (Å²) >= 11 is 5.63. The molecule has 0 saturated heterocycles. The predicted molar refractivity (Wildman–Crippen MR) is 53.7 cm³/mol. The number of aromatic nitrogens is 2. The Labute approximate surface area is 90.1 Å². The SMILES string of the molecule is O=C(Nc1nccc(Cl)n1)c1ccoc1. The second-order valence-corrected chi connectivity index (χ2v) is 3.06. The zero-order valence-electron chi connectivity index (χ0n) is 7.48. The second-order valence-electron chi connectivity index (χ2n) is 2.67. The molecule has 0 spiro atoms. The first-order valence-corrected chi connectivity index (χ1v) is 4.45. The number of halogens is 1. The van der Waals surface area contributed by atoms with Crippen molar-refractivity contribution in [2.75, 3.05) is 5.32 Å². The van der Waals surface area contributed by atoms with Crippen LogP contribution in [-0.2, 0) is 0 Å². The van der Waals surface area contributed by atoms with Gasteiger partial charge in [-0.25, -0.2) is 9.97 Å². The van der Waals surface area contributed by atoms with Crippen molar-refractivity contribution < 1.29 is 9.21 Å². The monoisotopic (exact) mass is 223 g/mol. The van der Waals surface area contributed by atoms with Gasteiger partial charge in [-0.3, -0.25) is 10.1 Å². The van der Waals surface area contributed by atoms with Crippen molar-refractivity contribution in [1.29, 1.82) is 0 Å². The minimum absolute atomic E-state index is 0.161. The fraction of sp³-hybridized carbons (Fsp3) is 0. The van der Waals surface area contributed by atoms with Crippen molar-refractivity contribution >= 4 is 23.5 Å². The fourth-order valence-corrected chi connectivity index (χ4v) is 1.10. The Kier molecular flexibility index (Phi) is 2.64. The summed E-state index contributed by atoms with van der Waals surface area (Å²) in [6, 6.07) is 3.06. The Bertz CT molecular complexity index is 470. The maximum absolute atomic E-state index is 11.5. The molecule has 0 bridgehead atoms. The summed E-state index contributed by atoms with van der Waals surface area (Å²) < 4.78 is 4.77. The molecule has 0 aliphatic rings. The lowest BCUT2D eigenvalue weighted by Gasteiger charge is -2.00. The highest BCUT2D eigenvalue weighted by Gasteiger charge is 2.08.